The van der Waals surface area contributed by atoms with Crippen LogP contribution in [0.4, 0.5) is 0 Å². The Kier molecular flexibility index (Phi) is 2.63. The second kappa shape index (κ2) is 3.51. The first kappa shape index (κ1) is 8.24. The molecule has 0 aromatic heterocycles. The number of hydrogen-bond donors (Lipinski definition) is 0. The van der Waals surface area contributed by atoms with Crippen LogP contribution in [0.15, 0.2) is 11.6 Å². The lowest BCUT2D eigenvalue weighted by Crippen LogP contribution is -2.04. The van der Waals surface area contributed by atoms with E-state index in [2.05, 4.69) is 6.92 Å². The molecule has 0 saturated carbocycles. The van der Waals surface area contributed by atoms with Gasteiger partial charge in [0.2, 0.25) is 0 Å². The van der Waals surface area contributed by atoms with E-state index in [1.165, 1.54) is 12.8 Å². The van der Waals surface area contributed by atoms with Gasteiger partial charge in [-0.15, -0.1) is 0 Å². The van der Waals surface area contributed by atoms with Crippen molar-refractivity contribution in [3.8, 4) is 0 Å². The third kappa shape index (κ3) is 2.33. The molecule has 0 N–H and O–H groups in total. The first-order valence-electron chi connectivity index (χ1n) is 4.09. The summed E-state index contributed by atoms with van der Waals surface area (Å²) < 4.78 is 0. The van der Waals surface area contributed by atoms with E-state index in [0.29, 0.717) is 0 Å². The summed E-state index contributed by atoms with van der Waals surface area (Å²) in [6, 6.07) is -0.396. The fraction of sp³-hybridized carbons (Fsp3) is 0.750. The molecule has 0 bridgehead atoms. The normalized spacial score (nSPS) is 21.2. The zero-order valence-electron chi connectivity index (χ0n) is 6.75. The Morgan fingerprint density at radius 2 is 2.36 bits per heavy atom. The van der Waals surface area contributed by atoms with Gasteiger partial charge >= 0.3 is 0 Å². The molecule has 0 spiro atoms. The van der Waals surface area contributed by atoms with E-state index in [0.717, 1.165) is 18.4 Å². The topological polar surface area (TPSA) is 43.1 Å². The van der Waals surface area contributed by atoms with Crippen molar-refractivity contribution in [3.63, 3.8) is 0 Å². The summed E-state index contributed by atoms with van der Waals surface area (Å²) in [6.07, 6.45) is 6.14. The number of unbranched alkanes of at least 4 members (excludes halogenated alkanes) is 2. The van der Waals surface area contributed by atoms with Crippen LogP contribution in [-0.2, 0) is 0 Å². The molecule has 11 heavy (non-hydrogen) atoms. The maximum absolute atomic E-state index is 10.2. The van der Waals surface area contributed by atoms with E-state index < -0.39 is 6.04 Å². The lowest BCUT2D eigenvalue weighted by atomic mass is 10.2. The molecule has 62 valence electrons. The minimum absolute atomic E-state index is 0.221. The molecule has 3 nitrogen and oxygen atoms in total. The third-order valence-corrected chi connectivity index (χ3v) is 1.94. The number of nitrogens with zero attached hydrogens (tertiary/aromatic N) is 1. The van der Waals surface area contributed by atoms with Gasteiger partial charge in [-0.05, 0) is 18.9 Å². The van der Waals surface area contributed by atoms with Crippen LogP contribution in [0.25, 0.3) is 0 Å². The lowest BCUT2D eigenvalue weighted by Gasteiger charge is -1.93. The van der Waals surface area contributed by atoms with Gasteiger partial charge in [0.25, 0.3) is 6.04 Å². The van der Waals surface area contributed by atoms with Crippen LogP contribution in [0, 0.1) is 10.1 Å². The fourth-order valence-electron chi connectivity index (χ4n) is 1.16. The molecular weight excluding hydrogens is 142 g/mol. The van der Waals surface area contributed by atoms with E-state index in [-0.39, 0.29) is 4.92 Å². The van der Waals surface area contributed by atoms with Crippen molar-refractivity contribution in [2.75, 3.05) is 0 Å². The molecule has 0 fully saturated rings. The molecule has 3 heteroatoms. The van der Waals surface area contributed by atoms with Crippen LogP contribution in [0.2, 0.25) is 0 Å². The summed E-state index contributed by atoms with van der Waals surface area (Å²) in [4.78, 5) is 9.94. The lowest BCUT2D eigenvalue weighted by molar-refractivity contribution is -0.488. The maximum Gasteiger partial charge on any atom is 0.253 e. The van der Waals surface area contributed by atoms with Gasteiger partial charge in [-0.2, -0.15) is 0 Å². The van der Waals surface area contributed by atoms with Crippen molar-refractivity contribution in [2.24, 2.45) is 0 Å². The van der Waals surface area contributed by atoms with Crippen LogP contribution in [0.5, 0.6) is 0 Å². The molecule has 0 aliphatic heterocycles. The van der Waals surface area contributed by atoms with Crippen LogP contribution in [0.3, 0.4) is 0 Å². The minimum Gasteiger partial charge on any atom is -0.264 e. The van der Waals surface area contributed by atoms with Crippen LogP contribution >= 0.6 is 0 Å². The highest BCUT2D eigenvalue weighted by molar-refractivity contribution is 5.31. The SMILES string of the molecule is CCCCCC1=CC1[N+](=O)[O-]. The van der Waals surface area contributed by atoms with E-state index >= 15 is 0 Å². The predicted octanol–water partition coefficient (Wildman–Crippen LogP) is 2.15. The Morgan fingerprint density at radius 1 is 1.64 bits per heavy atom. The van der Waals surface area contributed by atoms with Gasteiger partial charge in [-0.1, -0.05) is 19.8 Å². The standard InChI is InChI=1S/C8H13NO2/c1-2-3-4-5-7-6-8(7)9(10)11/h6,8H,2-5H2,1H3. The van der Waals surface area contributed by atoms with E-state index in [9.17, 15) is 10.1 Å². The second-order valence-electron chi connectivity index (χ2n) is 2.93. The third-order valence-electron chi connectivity index (χ3n) is 1.94. The van der Waals surface area contributed by atoms with Crippen molar-refractivity contribution in [2.45, 2.75) is 38.6 Å². The van der Waals surface area contributed by atoms with Gasteiger partial charge in [0, 0.05) is 10.5 Å². The van der Waals surface area contributed by atoms with Gasteiger partial charge in [-0.25, -0.2) is 0 Å². The molecule has 0 aromatic carbocycles. The van der Waals surface area contributed by atoms with Crippen molar-refractivity contribution in [3.05, 3.63) is 21.8 Å². The average Bonchev–Trinajstić information content (AvgIpc) is 2.68. The Hall–Kier alpha value is -0.860. The van der Waals surface area contributed by atoms with Crippen LogP contribution in [0.1, 0.15) is 32.6 Å². The first-order valence-corrected chi connectivity index (χ1v) is 4.09. The van der Waals surface area contributed by atoms with E-state index in [4.69, 9.17) is 0 Å². The van der Waals surface area contributed by atoms with E-state index in [1.807, 2.05) is 0 Å². The summed E-state index contributed by atoms with van der Waals surface area (Å²) in [7, 11) is 0. The molecule has 1 aliphatic rings. The quantitative estimate of drug-likeness (QED) is 0.264. The highest BCUT2D eigenvalue weighted by atomic mass is 16.6. The summed E-state index contributed by atoms with van der Waals surface area (Å²) >= 11 is 0. The molecule has 1 unspecified atom stereocenters. The Balaban J connectivity index is 2.04. The number of nitro groups is 1. The van der Waals surface area contributed by atoms with Crippen molar-refractivity contribution in [1.82, 2.24) is 0 Å². The fourth-order valence-corrected chi connectivity index (χ4v) is 1.16. The summed E-state index contributed by atoms with van der Waals surface area (Å²) in [5.74, 6) is 0. The molecule has 1 aliphatic carbocycles. The molecule has 1 atom stereocenters. The van der Waals surface area contributed by atoms with Crippen molar-refractivity contribution in [1.29, 1.82) is 0 Å². The molecule has 0 amide bonds. The van der Waals surface area contributed by atoms with Gasteiger partial charge in [0.1, 0.15) is 0 Å². The van der Waals surface area contributed by atoms with Crippen molar-refractivity contribution < 1.29 is 4.92 Å². The average molecular weight is 155 g/mol. The minimum atomic E-state index is -0.396. The monoisotopic (exact) mass is 155 g/mol. The molecule has 0 saturated heterocycles. The molecule has 0 aromatic rings. The largest absolute Gasteiger partial charge is 0.264 e. The number of rotatable bonds is 5. The highest BCUT2D eigenvalue weighted by Gasteiger charge is 2.34. The summed E-state index contributed by atoms with van der Waals surface area (Å²) in [6.45, 7) is 2.13. The maximum atomic E-state index is 10.2. The van der Waals surface area contributed by atoms with Crippen LogP contribution < -0.4 is 0 Å². The molecule has 1 rings (SSSR count). The Morgan fingerprint density at radius 3 is 2.82 bits per heavy atom. The Bertz CT molecular complexity index is 187. The second-order valence-corrected chi connectivity index (χ2v) is 2.93. The van der Waals surface area contributed by atoms with Gasteiger partial charge in [0.05, 0.1) is 0 Å². The predicted molar refractivity (Wildman–Crippen MR) is 43.0 cm³/mol. The van der Waals surface area contributed by atoms with E-state index in [1.54, 1.807) is 6.08 Å². The smallest absolute Gasteiger partial charge is 0.253 e. The first-order chi connectivity index (χ1) is 5.25. The van der Waals surface area contributed by atoms with Gasteiger partial charge in [-0.3, -0.25) is 10.1 Å². The molecule has 0 heterocycles. The molecule has 0 radical (unpaired) electrons. The zero-order chi connectivity index (χ0) is 8.27. The van der Waals surface area contributed by atoms with Crippen LogP contribution in [-0.4, -0.2) is 11.0 Å². The van der Waals surface area contributed by atoms with Gasteiger partial charge in [0.15, 0.2) is 0 Å². The van der Waals surface area contributed by atoms with Crippen molar-refractivity contribution >= 4 is 0 Å². The summed E-state index contributed by atoms with van der Waals surface area (Å²) in [5.41, 5.74) is 1.03. The summed E-state index contributed by atoms with van der Waals surface area (Å²) in [5, 5.41) is 10.2. The van der Waals surface area contributed by atoms with Gasteiger partial charge < -0.3 is 0 Å². The highest BCUT2D eigenvalue weighted by Crippen LogP contribution is 2.28. The number of hydrogen-bond acceptors (Lipinski definition) is 2. The Labute approximate surface area is 66.3 Å². The zero-order valence-corrected chi connectivity index (χ0v) is 6.75. The molecular formula is C8H13NO2.